The van der Waals surface area contributed by atoms with Gasteiger partial charge in [-0.15, -0.1) is 0 Å². The van der Waals surface area contributed by atoms with Crippen molar-refractivity contribution in [1.29, 1.82) is 0 Å². The first-order valence-corrected chi connectivity index (χ1v) is 27.0. The third-order valence-electron chi connectivity index (χ3n) is 14.1. The van der Waals surface area contributed by atoms with E-state index in [1.807, 2.05) is 45.1 Å². The Morgan fingerprint density at radius 1 is 1.00 bits per heavy atom. The number of hydrogen-bond donors (Lipinski definition) is 6. The van der Waals surface area contributed by atoms with Crippen LogP contribution in [-0.2, 0) is 19.1 Å². The number of rotatable bonds is 28. The first-order chi connectivity index (χ1) is 35.5. The van der Waals surface area contributed by atoms with Crippen molar-refractivity contribution in [2.45, 2.75) is 175 Å². The standard InChI is InChI=1S/C58H86FN11O4/c1-10-41(4)52(35-42(5)60)65-44(7)36-50(19-15-16-20-54(71)62-32-18-14-12-11-13-17-31-61-49-25-22-46(23-26-49)51-27-21-43(6)66-56(51)72)68-55(40(2)3)69-33-29-58(74-9,30-34-69)57(73)67-45(8)47-24-28-53(63-37-47)70-39-48(59)38-64-70/h22-26,35-39,45,51,53,61,65H,6,10-21,27-34,60H2,1-5,7-9H3,(H,62,71)(H,66,72)(H,67,73)/b42-35-,44-36+,52-41-,68-50-/t45-,51?,53?/m0/s1. The molecule has 1 aromatic carbocycles. The van der Waals surface area contributed by atoms with E-state index in [4.69, 9.17) is 15.5 Å². The summed E-state index contributed by atoms with van der Waals surface area (Å²) in [6, 6.07) is 7.92. The number of nitrogens with zero attached hydrogens (tertiary/aromatic N) is 5. The number of amides is 3. The number of aromatic nitrogens is 2. The minimum Gasteiger partial charge on any atom is -0.402 e. The van der Waals surface area contributed by atoms with Gasteiger partial charge in [-0.05, 0) is 134 Å². The Labute approximate surface area is 440 Å². The molecule has 1 aromatic heterocycles. The molecule has 3 amide bonds. The van der Waals surface area contributed by atoms with Crippen LogP contribution in [0.4, 0.5) is 10.1 Å². The quantitative estimate of drug-likeness (QED) is 0.0273. The van der Waals surface area contributed by atoms with Crippen LogP contribution in [0.3, 0.4) is 0 Å². The second-order valence-electron chi connectivity index (χ2n) is 20.4. The molecule has 2 aromatic rings. The molecule has 2 fully saturated rings. The molecule has 0 aliphatic carbocycles. The number of hydrogen-bond acceptors (Lipinski definition) is 11. The molecule has 0 spiro atoms. The lowest BCUT2D eigenvalue weighted by Gasteiger charge is -2.41. The third kappa shape index (κ3) is 18.3. The minimum absolute atomic E-state index is 0.0362. The average molecular weight is 1020 g/mol. The zero-order chi connectivity index (χ0) is 53.6. The molecule has 5 rings (SSSR count). The molecule has 4 heterocycles. The number of nitrogens with one attached hydrogen (secondary N) is 5. The molecule has 3 aliphatic rings. The number of dihydropyridines is 1. The van der Waals surface area contributed by atoms with Crippen molar-refractivity contribution in [3.63, 3.8) is 0 Å². The second-order valence-corrected chi connectivity index (χ2v) is 20.4. The van der Waals surface area contributed by atoms with Gasteiger partial charge in [0.1, 0.15) is 17.6 Å². The number of nitrogens with two attached hydrogens (primary N) is 1. The van der Waals surface area contributed by atoms with E-state index in [0.29, 0.717) is 57.4 Å². The predicted molar refractivity (Wildman–Crippen MR) is 298 cm³/mol. The van der Waals surface area contributed by atoms with E-state index >= 15 is 0 Å². The first kappa shape index (κ1) is 58.6. The van der Waals surface area contributed by atoms with Crippen molar-refractivity contribution < 1.29 is 23.5 Å². The fourth-order valence-electron chi connectivity index (χ4n) is 9.49. The van der Waals surface area contributed by atoms with Gasteiger partial charge in [-0.25, -0.2) is 14.1 Å². The van der Waals surface area contributed by atoms with Gasteiger partial charge in [-0.1, -0.05) is 63.0 Å². The number of anilines is 1. The van der Waals surface area contributed by atoms with E-state index in [1.54, 1.807) is 13.3 Å². The van der Waals surface area contributed by atoms with Gasteiger partial charge in [-0.3, -0.25) is 19.4 Å². The van der Waals surface area contributed by atoms with E-state index < -0.39 is 11.4 Å². The summed E-state index contributed by atoms with van der Waals surface area (Å²) in [6.45, 7) is 20.8. The number of ether oxygens (including phenoxy) is 1. The maximum absolute atomic E-state index is 14.0. The number of aliphatic imine (C=N–C) groups is 2. The summed E-state index contributed by atoms with van der Waals surface area (Å²) in [6.07, 6.45) is 23.2. The summed E-state index contributed by atoms with van der Waals surface area (Å²) in [5, 5.41) is 20.3. The van der Waals surface area contributed by atoms with Crippen LogP contribution in [0.2, 0.25) is 0 Å². The van der Waals surface area contributed by atoms with E-state index in [0.717, 1.165) is 128 Å². The van der Waals surface area contributed by atoms with Crippen molar-refractivity contribution >= 4 is 35.3 Å². The van der Waals surface area contributed by atoms with Crippen LogP contribution in [0.5, 0.6) is 0 Å². The zero-order valence-corrected chi connectivity index (χ0v) is 45.7. The molecule has 0 radical (unpaired) electrons. The molecule has 2 saturated heterocycles. The number of allylic oxidation sites excluding steroid dienone is 7. The van der Waals surface area contributed by atoms with Crippen LogP contribution in [0, 0.1) is 5.82 Å². The largest absolute Gasteiger partial charge is 0.402 e. The van der Waals surface area contributed by atoms with Gasteiger partial charge in [-0.2, -0.15) is 5.10 Å². The molecule has 0 bridgehead atoms. The van der Waals surface area contributed by atoms with Gasteiger partial charge < -0.3 is 42.0 Å². The number of unbranched alkanes of at least 4 members (excludes halogenated alkanes) is 6. The summed E-state index contributed by atoms with van der Waals surface area (Å²) in [5.41, 5.74) is 14.7. The lowest BCUT2D eigenvalue weighted by molar-refractivity contribution is -0.149. The Balaban J connectivity index is 1.07. The van der Waals surface area contributed by atoms with Gasteiger partial charge in [0.25, 0.3) is 5.91 Å². The molecule has 3 aliphatic heterocycles. The maximum atomic E-state index is 14.0. The number of halogens is 1. The van der Waals surface area contributed by atoms with Crippen LogP contribution in [0.15, 0.2) is 117 Å². The van der Waals surface area contributed by atoms with Crippen molar-refractivity contribution in [2.24, 2.45) is 15.7 Å². The SMILES string of the molecule is C=C1CCC(c2ccc(NCCCCCCCCNC(=O)CCCCC(/C=C(\C)NC(/C=C(/C)N)=C(/C)CC)=N/C(=C(C)C)N3CCC(OC)(C(=O)N[C@@H](C)C4=CCC(n5cc(F)cn5)N=C4)CC3)cc2)C(=O)N1. The third-order valence-corrected chi connectivity index (χ3v) is 14.1. The number of carbonyl (C=O) groups excluding carboxylic acids is 3. The van der Waals surface area contributed by atoms with Crippen LogP contribution in [0.25, 0.3) is 0 Å². The summed E-state index contributed by atoms with van der Waals surface area (Å²) in [5.74, 6) is 0.302. The van der Waals surface area contributed by atoms with Gasteiger partial charge in [0, 0.05) is 99.4 Å². The van der Waals surface area contributed by atoms with E-state index in [9.17, 15) is 18.8 Å². The number of benzene rings is 1. The number of methoxy groups -OCH3 is 1. The van der Waals surface area contributed by atoms with Gasteiger partial charge in [0.15, 0.2) is 5.82 Å². The summed E-state index contributed by atoms with van der Waals surface area (Å²) in [7, 11) is 1.60. The lowest BCUT2D eigenvalue weighted by atomic mass is 9.89. The number of likely N-dealkylation sites (tertiary alicyclic amines) is 1. The fourth-order valence-corrected chi connectivity index (χ4v) is 9.49. The van der Waals surface area contributed by atoms with Crippen molar-refractivity contribution in [3.8, 4) is 0 Å². The van der Waals surface area contributed by atoms with Crippen LogP contribution in [-0.4, -0.2) is 89.3 Å². The highest BCUT2D eigenvalue weighted by molar-refractivity contribution is 5.96. The molecule has 0 saturated carbocycles. The van der Waals surface area contributed by atoms with Crippen molar-refractivity contribution in [3.05, 3.63) is 118 Å². The monoisotopic (exact) mass is 1020 g/mol. The molecule has 7 N–H and O–H groups in total. The fraction of sp³-hybridized carbons (Fsp3) is 0.552. The Kier molecular flexibility index (Phi) is 23.4. The van der Waals surface area contributed by atoms with Crippen LogP contribution < -0.4 is 32.3 Å². The highest BCUT2D eigenvalue weighted by Gasteiger charge is 2.43. The van der Waals surface area contributed by atoms with E-state index in [2.05, 4.69) is 94.1 Å². The normalized spacial score (nSPS) is 19.0. The lowest BCUT2D eigenvalue weighted by Crippen LogP contribution is -2.56. The molecule has 3 atom stereocenters. The summed E-state index contributed by atoms with van der Waals surface area (Å²) >= 11 is 0. The Morgan fingerprint density at radius 3 is 2.30 bits per heavy atom. The van der Waals surface area contributed by atoms with E-state index in [-0.39, 0.29) is 35.8 Å². The molecular weight excluding hydrogens is 934 g/mol. The summed E-state index contributed by atoms with van der Waals surface area (Å²) in [4.78, 5) is 51.4. The molecule has 15 nitrogen and oxygen atoms in total. The van der Waals surface area contributed by atoms with Crippen molar-refractivity contribution in [1.82, 2.24) is 35.9 Å². The second kappa shape index (κ2) is 29.6. The van der Waals surface area contributed by atoms with Crippen molar-refractivity contribution in [2.75, 3.05) is 38.6 Å². The zero-order valence-electron chi connectivity index (χ0n) is 45.7. The topological polar surface area (TPSA) is 192 Å². The average Bonchev–Trinajstić information content (AvgIpc) is 3.82. The maximum Gasteiger partial charge on any atom is 0.252 e. The molecule has 74 heavy (non-hydrogen) atoms. The Morgan fingerprint density at radius 2 is 1.69 bits per heavy atom. The van der Waals surface area contributed by atoms with E-state index in [1.165, 1.54) is 22.6 Å². The van der Waals surface area contributed by atoms with Crippen LogP contribution >= 0.6 is 0 Å². The molecule has 404 valence electrons. The number of carbonyl (C=O) groups is 3. The Hall–Kier alpha value is -6.29. The summed E-state index contributed by atoms with van der Waals surface area (Å²) < 4.78 is 21.1. The molecule has 16 heteroatoms. The minimum atomic E-state index is -1.01. The number of piperidine rings is 2. The smallest absolute Gasteiger partial charge is 0.252 e. The Bertz CT molecular complexity index is 2430. The van der Waals surface area contributed by atoms with Gasteiger partial charge in [0.2, 0.25) is 11.8 Å². The molecule has 2 unspecified atom stereocenters. The van der Waals surface area contributed by atoms with Crippen LogP contribution in [0.1, 0.15) is 169 Å². The predicted octanol–water partition coefficient (Wildman–Crippen LogP) is 10.3. The highest BCUT2D eigenvalue weighted by Crippen LogP contribution is 2.31. The highest BCUT2D eigenvalue weighted by atomic mass is 19.1. The molecular formula is C58H86FN11O4. The van der Waals surface area contributed by atoms with Gasteiger partial charge in [0.05, 0.1) is 24.4 Å². The first-order valence-electron chi connectivity index (χ1n) is 27.0. The van der Waals surface area contributed by atoms with Gasteiger partial charge >= 0.3 is 0 Å².